The van der Waals surface area contributed by atoms with E-state index in [0.717, 1.165) is 0 Å². The van der Waals surface area contributed by atoms with Crippen molar-refractivity contribution in [2.45, 2.75) is 32.8 Å². The fourth-order valence-electron chi connectivity index (χ4n) is 1.22. The third-order valence-electron chi connectivity index (χ3n) is 2.02. The third kappa shape index (κ3) is 6.05. The summed E-state index contributed by atoms with van der Waals surface area (Å²) in [6.07, 6.45) is 1.33. The monoisotopic (exact) mass is 279 g/mol. The lowest BCUT2D eigenvalue weighted by molar-refractivity contribution is 0.0529. The minimum Gasteiger partial charge on any atom is -0.444 e. The van der Waals surface area contributed by atoms with Gasteiger partial charge in [-0.3, -0.25) is 0 Å². The van der Waals surface area contributed by atoms with E-state index in [4.69, 9.17) is 10.5 Å². The van der Waals surface area contributed by atoms with Crippen molar-refractivity contribution in [3.63, 3.8) is 0 Å². The molecule has 0 fully saturated rings. The van der Waals surface area contributed by atoms with Crippen LogP contribution in [0.5, 0.6) is 0 Å². The molecule has 0 atom stereocenters. The van der Waals surface area contributed by atoms with Crippen LogP contribution in [-0.2, 0) is 4.74 Å². The number of carbonyl (C=O) groups is 1. The Morgan fingerprint density at radius 3 is 2.85 bits per heavy atom. The number of halogens is 1. The van der Waals surface area contributed by atoms with Gasteiger partial charge in [-0.15, -0.1) is 0 Å². The first-order chi connectivity index (χ1) is 9.28. The van der Waals surface area contributed by atoms with Gasteiger partial charge in [0, 0.05) is 24.7 Å². The van der Waals surface area contributed by atoms with Crippen LogP contribution >= 0.6 is 0 Å². The van der Waals surface area contributed by atoms with Crippen LogP contribution in [0.15, 0.2) is 12.3 Å². The van der Waals surface area contributed by atoms with Crippen molar-refractivity contribution >= 4 is 11.9 Å². The number of nitrogen functional groups attached to an aromatic ring is 1. The van der Waals surface area contributed by atoms with Gasteiger partial charge in [0.1, 0.15) is 5.60 Å². The minimum atomic E-state index is -0.594. The number of amides is 1. The van der Waals surface area contributed by atoms with Crippen LogP contribution in [0.1, 0.15) is 32.8 Å². The van der Waals surface area contributed by atoms with Gasteiger partial charge in [0.05, 0.1) is 0 Å². The normalized spacial score (nSPS) is 10.4. The highest BCUT2D eigenvalue weighted by molar-refractivity contribution is 5.67. The predicted octanol–water partition coefficient (Wildman–Crippen LogP) is 2.07. The lowest BCUT2D eigenvalue weighted by atomic mass is 10.2. The first-order valence-corrected chi connectivity index (χ1v) is 6.14. The van der Waals surface area contributed by atoms with Crippen LogP contribution in [0.4, 0.5) is 15.0 Å². The zero-order valence-electron chi connectivity index (χ0n) is 11.8. The summed E-state index contributed by atoms with van der Waals surface area (Å²) in [6.45, 7) is 5.71. The van der Waals surface area contributed by atoms with Crippen LogP contribution in [0.2, 0.25) is 0 Å². The number of ether oxygens (including phenoxy) is 1. The van der Waals surface area contributed by atoms with E-state index in [2.05, 4.69) is 22.1 Å². The maximum absolute atomic E-state index is 13.1. The molecule has 6 heteroatoms. The number of hydrogen-bond donors (Lipinski definition) is 2. The molecule has 0 radical (unpaired) electrons. The molecule has 20 heavy (non-hydrogen) atoms. The Bertz CT molecular complexity index is 542. The summed E-state index contributed by atoms with van der Waals surface area (Å²) in [5.74, 6) is 4.79. The smallest absolute Gasteiger partial charge is 0.407 e. The molecule has 0 aliphatic carbocycles. The largest absolute Gasteiger partial charge is 0.444 e. The van der Waals surface area contributed by atoms with Crippen LogP contribution in [0.25, 0.3) is 0 Å². The first-order valence-electron chi connectivity index (χ1n) is 6.14. The van der Waals surface area contributed by atoms with Crippen LogP contribution in [0.3, 0.4) is 0 Å². The van der Waals surface area contributed by atoms with Gasteiger partial charge in [-0.05, 0) is 26.8 Å². The van der Waals surface area contributed by atoms with Gasteiger partial charge in [-0.25, -0.2) is 14.2 Å². The van der Waals surface area contributed by atoms with Gasteiger partial charge < -0.3 is 15.8 Å². The average Bonchev–Trinajstić information content (AvgIpc) is 2.31. The van der Waals surface area contributed by atoms with Crippen molar-refractivity contribution in [3.8, 4) is 11.8 Å². The molecule has 0 spiro atoms. The summed E-state index contributed by atoms with van der Waals surface area (Å²) in [5.41, 5.74) is 5.17. The minimum absolute atomic E-state index is 0.151. The molecule has 0 aliphatic heterocycles. The Labute approximate surface area is 117 Å². The quantitative estimate of drug-likeness (QED) is 0.641. The van der Waals surface area contributed by atoms with Crippen molar-refractivity contribution in [2.24, 2.45) is 0 Å². The molecule has 5 nitrogen and oxygen atoms in total. The lowest BCUT2D eigenvalue weighted by Gasteiger charge is -2.19. The zero-order chi connectivity index (χ0) is 15.2. The van der Waals surface area contributed by atoms with E-state index < -0.39 is 17.5 Å². The number of nitrogens with one attached hydrogen (secondary N) is 1. The van der Waals surface area contributed by atoms with Crippen molar-refractivity contribution in [1.82, 2.24) is 10.3 Å². The van der Waals surface area contributed by atoms with Gasteiger partial charge >= 0.3 is 6.09 Å². The molecule has 1 heterocycles. The molecule has 108 valence electrons. The molecule has 0 aromatic carbocycles. The summed E-state index contributed by atoms with van der Waals surface area (Å²) < 4.78 is 18.1. The Balaban J connectivity index is 2.36. The molecule has 0 saturated heterocycles. The van der Waals surface area contributed by atoms with Crippen LogP contribution < -0.4 is 11.1 Å². The number of nitrogens with two attached hydrogens (primary N) is 1. The average molecular weight is 279 g/mol. The van der Waals surface area contributed by atoms with E-state index in [9.17, 15) is 9.18 Å². The van der Waals surface area contributed by atoms with Crippen LogP contribution in [0, 0.1) is 17.7 Å². The van der Waals surface area contributed by atoms with Crippen molar-refractivity contribution in [2.75, 3.05) is 12.3 Å². The van der Waals surface area contributed by atoms with E-state index in [1.54, 1.807) is 20.8 Å². The van der Waals surface area contributed by atoms with Crippen LogP contribution in [-0.4, -0.2) is 23.2 Å². The second-order valence-electron chi connectivity index (χ2n) is 5.07. The highest BCUT2D eigenvalue weighted by Gasteiger charge is 2.15. The first kappa shape index (κ1) is 15.8. The molecule has 0 unspecified atom stereocenters. The summed E-state index contributed by atoms with van der Waals surface area (Å²) in [5, 5.41) is 2.57. The third-order valence-corrected chi connectivity index (χ3v) is 2.02. The number of carbonyl (C=O) groups excluding carboxylic acids is 1. The molecule has 1 rings (SSSR count). The zero-order valence-corrected chi connectivity index (χ0v) is 11.8. The number of anilines is 1. The Morgan fingerprint density at radius 1 is 1.55 bits per heavy atom. The molecular weight excluding hydrogens is 261 g/mol. The molecule has 0 bridgehead atoms. The number of nitrogens with zero attached hydrogens (tertiary/aromatic N) is 1. The summed E-state index contributed by atoms with van der Waals surface area (Å²) in [7, 11) is 0. The second kappa shape index (κ2) is 6.75. The van der Waals surface area contributed by atoms with E-state index in [1.165, 1.54) is 12.3 Å². The molecule has 1 amide bonds. The van der Waals surface area contributed by atoms with Gasteiger partial charge in [-0.2, -0.15) is 0 Å². The summed E-state index contributed by atoms with van der Waals surface area (Å²) >= 11 is 0. The fraction of sp³-hybridized carbons (Fsp3) is 0.429. The second-order valence-corrected chi connectivity index (χ2v) is 5.07. The number of pyridine rings is 1. The predicted molar refractivity (Wildman–Crippen MR) is 74.3 cm³/mol. The van der Waals surface area contributed by atoms with Gasteiger partial charge in [0.15, 0.2) is 11.6 Å². The maximum Gasteiger partial charge on any atom is 0.407 e. The topological polar surface area (TPSA) is 77.2 Å². The molecule has 3 N–H and O–H groups in total. The molecule has 0 saturated carbocycles. The number of rotatable bonds is 2. The number of alkyl carbamates (subject to hydrolysis) is 1. The van der Waals surface area contributed by atoms with E-state index >= 15 is 0 Å². The molecule has 1 aromatic heterocycles. The highest BCUT2D eigenvalue weighted by Crippen LogP contribution is 2.07. The Hall–Kier alpha value is -2.29. The molecule has 1 aromatic rings. The van der Waals surface area contributed by atoms with E-state index in [1.807, 2.05) is 0 Å². The molecule has 0 aliphatic rings. The fourth-order valence-corrected chi connectivity index (χ4v) is 1.22. The Morgan fingerprint density at radius 2 is 2.25 bits per heavy atom. The maximum atomic E-state index is 13.1. The number of aromatic nitrogens is 1. The van der Waals surface area contributed by atoms with E-state index in [-0.39, 0.29) is 5.82 Å². The van der Waals surface area contributed by atoms with Crippen molar-refractivity contribution in [1.29, 1.82) is 0 Å². The highest BCUT2D eigenvalue weighted by atomic mass is 19.1. The Kier molecular flexibility index (Phi) is 5.32. The molecular formula is C14H18FN3O2. The van der Waals surface area contributed by atoms with Crippen molar-refractivity contribution in [3.05, 3.63) is 23.6 Å². The van der Waals surface area contributed by atoms with Gasteiger partial charge in [-0.1, -0.05) is 11.8 Å². The van der Waals surface area contributed by atoms with Gasteiger partial charge in [0.2, 0.25) is 0 Å². The standard InChI is InChI=1S/C14H18FN3O2/c1-14(2,3)20-13(19)17-7-5-4-6-10-8-11(15)12(16)18-9-10/h8-9H,5,7H2,1-3H3,(H2,16,18)(H,17,19). The lowest BCUT2D eigenvalue weighted by Crippen LogP contribution is -2.32. The summed E-state index contributed by atoms with van der Waals surface area (Å²) in [6, 6.07) is 1.22. The SMILES string of the molecule is CC(C)(C)OC(=O)NCCC#Cc1cnc(N)c(F)c1. The van der Waals surface area contributed by atoms with E-state index in [0.29, 0.717) is 18.5 Å². The summed E-state index contributed by atoms with van der Waals surface area (Å²) in [4.78, 5) is 15.0. The van der Waals surface area contributed by atoms with Gasteiger partial charge in [0.25, 0.3) is 0 Å². The van der Waals surface area contributed by atoms with Crippen molar-refractivity contribution < 1.29 is 13.9 Å². The number of hydrogen-bond acceptors (Lipinski definition) is 4.